The summed E-state index contributed by atoms with van der Waals surface area (Å²) in [6, 6.07) is 7.73. The molecule has 6 nitrogen and oxygen atoms in total. The topological polar surface area (TPSA) is 77.3 Å². The predicted molar refractivity (Wildman–Crippen MR) is 69.4 cm³/mol. The fourth-order valence-corrected chi connectivity index (χ4v) is 2.65. The van der Waals surface area contributed by atoms with E-state index in [9.17, 15) is 0 Å². The normalized spacial score (nSPS) is 11.3. The third kappa shape index (κ3) is 1.46. The number of hydrogen-bond donors (Lipinski definition) is 0. The Morgan fingerprint density at radius 2 is 1.17 bits per heavy atom. The monoisotopic (exact) mass is 272 g/mol. The minimum atomic E-state index is 0.649. The van der Waals surface area contributed by atoms with Crippen molar-refractivity contribution in [2.75, 3.05) is 0 Å². The molecule has 0 atom stereocenters. The molecule has 0 aliphatic rings. The van der Waals surface area contributed by atoms with Gasteiger partial charge in [-0.15, -0.1) is 10.2 Å². The third-order valence-electron chi connectivity index (χ3n) is 2.49. The summed E-state index contributed by atoms with van der Waals surface area (Å²) in [6.07, 6.45) is 0. The Bertz CT molecular complexity index is 779. The Balaban J connectivity index is 1.93. The second-order valence-electron chi connectivity index (χ2n) is 3.58. The Kier molecular flexibility index (Phi) is 2.05. The van der Waals surface area contributed by atoms with Crippen LogP contribution in [-0.2, 0) is 0 Å². The summed E-state index contributed by atoms with van der Waals surface area (Å²) in [4.78, 5) is 8.85. The van der Waals surface area contributed by atoms with Crippen LogP contribution in [0.5, 0.6) is 0 Å². The molecule has 4 aromatic heterocycles. The van der Waals surface area contributed by atoms with E-state index in [4.69, 9.17) is 0 Å². The highest BCUT2D eigenvalue weighted by Crippen LogP contribution is 2.22. The van der Waals surface area contributed by atoms with Crippen molar-refractivity contribution in [3.8, 4) is 11.4 Å². The molecule has 0 bridgehead atoms. The van der Waals surface area contributed by atoms with Crippen molar-refractivity contribution in [1.82, 2.24) is 29.1 Å². The SMILES string of the molecule is c1cc2snnc2nc1-c1ccc2snnc2n1. The highest BCUT2D eigenvalue weighted by atomic mass is 32.1. The zero-order valence-electron chi connectivity index (χ0n) is 8.81. The van der Waals surface area contributed by atoms with Crippen LogP contribution in [0.3, 0.4) is 0 Å². The molecule has 0 spiro atoms. The second kappa shape index (κ2) is 3.72. The standard InChI is InChI=1S/C10H4N6S2/c1-3-7-9(13-15-17-7)11-5(1)6-2-4-8-10(12-6)14-16-18-8/h1-4H. The van der Waals surface area contributed by atoms with Crippen LogP contribution in [0.4, 0.5) is 0 Å². The molecular formula is C10H4N6S2. The highest BCUT2D eigenvalue weighted by molar-refractivity contribution is 7.13. The molecule has 0 saturated carbocycles. The maximum Gasteiger partial charge on any atom is 0.195 e. The molecule has 0 aromatic carbocycles. The van der Waals surface area contributed by atoms with Gasteiger partial charge in [0.15, 0.2) is 11.3 Å². The van der Waals surface area contributed by atoms with Crippen LogP contribution in [-0.4, -0.2) is 29.1 Å². The Hall–Kier alpha value is -2.06. The van der Waals surface area contributed by atoms with E-state index in [2.05, 4.69) is 29.1 Å². The van der Waals surface area contributed by atoms with Gasteiger partial charge in [0.25, 0.3) is 0 Å². The van der Waals surface area contributed by atoms with Crippen LogP contribution in [0.2, 0.25) is 0 Å². The minimum absolute atomic E-state index is 0.649. The van der Waals surface area contributed by atoms with Gasteiger partial charge in [-0.2, -0.15) is 0 Å². The first kappa shape index (κ1) is 9.92. The highest BCUT2D eigenvalue weighted by Gasteiger charge is 2.07. The number of fused-ring (bicyclic) bond motifs is 2. The molecule has 18 heavy (non-hydrogen) atoms. The Morgan fingerprint density at radius 1 is 0.667 bits per heavy atom. The summed E-state index contributed by atoms with van der Waals surface area (Å²) >= 11 is 2.66. The first-order chi connectivity index (χ1) is 8.90. The fourth-order valence-electron chi connectivity index (χ4n) is 1.65. The molecule has 4 rings (SSSR count). The van der Waals surface area contributed by atoms with Gasteiger partial charge in [0.05, 0.1) is 20.8 Å². The van der Waals surface area contributed by atoms with E-state index in [1.54, 1.807) is 0 Å². The van der Waals surface area contributed by atoms with Gasteiger partial charge in [-0.05, 0) is 47.3 Å². The maximum atomic E-state index is 4.43. The van der Waals surface area contributed by atoms with Gasteiger partial charge in [-0.25, -0.2) is 9.97 Å². The molecular weight excluding hydrogens is 268 g/mol. The van der Waals surface area contributed by atoms with Gasteiger partial charge < -0.3 is 0 Å². The summed E-state index contributed by atoms with van der Waals surface area (Å²) in [5.41, 5.74) is 2.83. The van der Waals surface area contributed by atoms with Crippen LogP contribution in [0.1, 0.15) is 0 Å². The van der Waals surface area contributed by atoms with Crippen LogP contribution in [0, 0.1) is 0 Å². The molecule has 0 fully saturated rings. The van der Waals surface area contributed by atoms with Crippen LogP contribution >= 0.6 is 23.1 Å². The predicted octanol–water partition coefficient (Wildman–Crippen LogP) is 2.15. The quantitative estimate of drug-likeness (QED) is 0.528. The first-order valence-electron chi connectivity index (χ1n) is 5.09. The molecule has 0 aliphatic carbocycles. The van der Waals surface area contributed by atoms with E-state index >= 15 is 0 Å². The summed E-state index contributed by atoms with van der Waals surface area (Å²) in [6.45, 7) is 0. The van der Waals surface area contributed by atoms with E-state index < -0.39 is 0 Å². The van der Waals surface area contributed by atoms with Gasteiger partial charge in [-0.3, -0.25) is 0 Å². The van der Waals surface area contributed by atoms with Crippen molar-refractivity contribution >= 4 is 43.8 Å². The maximum absolute atomic E-state index is 4.43. The van der Waals surface area contributed by atoms with Gasteiger partial charge in [0.1, 0.15) is 0 Å². The van der Waals surface area contributed by atoms with E-state index in [-0.39, 0.29) is 0 Å². The van der Waals surface area contributed by atoms with Gasteiger partial charge in [0.2, 0.25) is 0 Å². The molecule has 8 heteroatoms. The van der Waals surface area contributed by atoms with Crippen LogP contribution in [0.15, 0.2) is 24.3 Å². The lowest BCUT2D eigenvalue weighted by Crippen LogP contribution is -1.88. The summed E-state index contributed by atoms with van der Waals surface area (Å²) in [5, 5.41) is 7.92. The third-order valence-corrected chi connectivity index (χ3v) is 3.85. The smallest absolute Gasteiger partial charge is 0.195 e. The molecule has 4 aromatic rings. The minimum Gasteiger partial charge on any atom is -0.224 e. The Morgan fingerprint density at radius 3 is 1.67 bits per heavy atom. The van der Waals surface area contributed by atoms with Crippen molar-refractivity contribution in [3.05, 3.63) is 24.3 Å². The van der Waals surface area contributed by atoms with Crippen LogP contribution in [0.25, 0.3) is 32.1 Å². The number of aromatic nitrogens is 6. The zero-order chi connectivity index (χ0) is 11.9. The lowest BCUT2D eigenvalue weighted by molar-refractivity contribution is 1.14. The fraction of sp³-hybridized carbons (Fsp3) is 0. The second-order valence-corrected chi connectivity index (χ2v) is 5.15. The summed E-state index contributed by atoms with van der Waals surface area (Å²) in [7, 11) is 0. The molecule has 0 unspecified atom stereocenters. The Labute approximate surface area is 109 Å². The molecule has 0 aliphatic heterocycles. The van der Waals surface area contributed by atoms with Crippen molar-refractivity contribution in [3.63, 3.8) is 0 Å². The van der Waals surface area contributed by atoms with Crippen molar-refractivity contribution in [2.24, 2.45) is 0 Å². The summed E-state index contributed by atoms with van der Waals surface area (Å²) in [5.74, 6) is 0. The van der Waals surface area contributed by atoms with Gasteiger partial charge >= 0.3 is 0 Å². The average molecular weight is 272 g/mol. The number of rotatable bonds is 1. The number of nitrogens with zero attached hydrogens (tertiary/aromatic N) is 6. The van der Waals surface area contributed by atoms with Crippen molar-refractivity contribution < 1.29 is 0 Å². The zero-order valence-corrected chi connectivity index (χ0v) is 10.4. The van der Waals surface area contributed by atoms with Gasteiger partial charge in [-0.1, -0.05) is 8.98 Å². The summed E-state index contributed by atoms with van der Waals surface area (Å²) < 4.78 is 9.67. The molecule has 0 saturated heterocycles. The molecule has 0 radical (unpaired) electrons. The van der Waals surface area contributed by atoms with E-state index in [0.717, 1.165) is 20.8 Å². The number of pyridine rings is 2. The van der Waals surface area contributed by atoms with Crippen LogP contribution < -0.4 is 0 Å². The average Bonchev–Trinajstić information content (AvgIpc) is 3.05. The van der Waals surface area contributed by atoms with E-state index in [1.807, 2.05) is 24.3 Å². The van der Waals surface area contributed by atoms with Crippen molar-refractivity contribution in [1.29, 1.82) is 0 Å². The lowest BCUT2D eigenvalue weighted by Gasteiger charge is -1.98. The molecule has 4 heterocycles. The first-order valence-corrected chi connectivity index (χ1v) is 6.63. The lowest BCUT2D eigenvalue weighted by atomic mass is 10.2. The molecule has 0 N–H and O–H groups in total. The molecule has 86 valence electrons. The largest absolute Gasteiger partial charge is 0.224 e. The van der Waals surface area contributed by atoms with Gasteiger partial charge in [0, 0.05) is 0 Å². The van der Waals surface area contributed by atoms with Crippen molar-refractivity contribution in [2.45, 2.75) is 0 Å². The molecule has 0 amide bonds. The van der Waals surface area contributed by atoms with E-state index in [0.29, 0.717) is 11.3 Å². The number of hydrogen-bond acceptors (Lipinski definition) is 8. The van der Waals surface area contributed by atoms with E-state index in [1.165, 1.54) is 23.1 Å².